The van der Waals surface area contributed by atoms with Gasteiger partial charge >= 0.3 is 12.0 Å². The number of aliphatic carboxylic acids is 1. The number of amides is 3. The van der Waals surface area contributed by atoms with E-state index in [1.54, 1.807) is 24.3 Å². The first kappa shape index (κ1) is 17.8. The molecule has 1 aromatic rings. The molecule has 0 aromatic heterocycles. The summed E-state index contributed by atoms with van der Waals surface area (Å²) in [6.07, 6.45) is 0. The van der Waals surface area contributed by atoms with Gasteiger partial charge in [-0.05, 0) is 26.0 Å². The highest BCUT2D eigenvalue weighted by molar-refractivity contribution is 6.33. The van der Waals surface area contributed by atoms with E-state index in [2.05, 4.69) is 16.0 Å². The number of carboxylic acids is 1. The Kier molecular flexibility index (Phi) is 6.18. The van der Waals surface area contributed by atoms with Crippen molar-refractivity contribution in [3.05, 3.63) is 34.9 Å². The highest BCUT2D eigenvalue weighted by Gasteiger charge is 2.28. The van der Waals surface area contributed by atoms with E-state index in [1.807, 2.05) is 0 Å². The van der Waals surface area contributed by atoms with Gasteiger partial charge in [-0.1, -0.05) is 23.7 Å². The number of carboxylic acid groups (broad SMARTS) is 1. The van der Waals surface area contributed by atoms with E-state index in [0.717, 1.165) is 0 Å². The number of benzene rings is 1. The van der Waals surface area contributed by atoms with Gasteiger partial charge in [0.1, 0.15) is 5.54 Å². The highest BCUT2D eigenvalue weighted by atomic mass is 35.5. The van der Waals surface area contributed by atoms with Gasteiger partial charge in [-0.25, -0.2) is 9.59 Å². The third kappa shape index (κ3) is 5.25. The Morgan fingerprint density at radius 1 is 1.14 bits per heavy atom. The van der Waals surface area contributed by atoms with Crippen molar-refractivity contribution in [2.75, 3.05) is 13.1 Å². The lowest BCUT2D eigenvalue weighted by atomic mass is 10.1. The minimum Gasteiger partial charge on any atom is -0.480 e. The number of hydrogen-bond acceptors (Lipinski definition) is 3. The third-order valence-corrected chi connectivity index (χ3v) is 3.10. The van der Waals surface area contributed by atoms with Crippen molar-refractivity contribution in [3.8, 4) is 0 Å². The molecule has 0 heterocycles. The largest absolute Gasteiger partial charge is 0.480 e. The summed E-state index contributed by atoms with van der Waals surface area (Å²) in [4.78, 5) is 34.2. The van der Waals surface area contributed by atoms with Gasteiger partial charge in [0, 0.05) is 13.1 Å². The van der Waals surface area contributed by atoms with Gasteiger partial charge in [0.05, 0.1) is 10.6 Å². The van der Waals surface area contributed by atoms with Crippen molar-refractivity contribution < 1.29 is 19.5 Å². The lowest BCUT2D eigenvalue weighted by Crippen LogP contribution is -2.53. The molecule has 22 heavy (non-hydrogen) atoms. The smallest absolute Gasteiger partial charge is 0.328 e. The standard InChI is InChI=1S/C14H18ClN3O4/c1-14(2,12(20)21)18-13(22)17-8-7-16-11(19)9-5-3-4-6-10(9)15/h3-6H,7-8H2,1-2H3,(H,16,19)(H,20,21)(H2,17,18,22). The van der Waals surface area contributed by atoms with Crippen LogP contribution in [0.5, 0.6) is 0 Å². The van der Waals surface area contributed by atoms with Crippen LogP contribution in [0.25, 0.3) is 0 Å². The third-order valence-electron chi connectivity index (χ3n) is 2.78. The van der Waals surface area contributed by atoms with Crippen molar-refractivity contribution in [1.29, 1.82) is 0 Å². The number of halogens is 1. The van der Waals surface area contributed by atoms with E-state index in [1.165, 1.54) is 13.8 Å². The first-order valence-corrected chi connectivity index (χ1v) is 6.94. The maximum atomic E-state index is 11.8. The molecule has 0 saturated heterocycles. The average Bonchev–Trinajstić information content (AvgIpc) is 2.43. The molecule has 7 nitrogen and oxygen atoms in total. The molecule has 0 bridgehead atoms. The Bertz CT molecular complexity index is 575. The lowest BCUT2D eigenvalue weighted by molar-refractivity contribution is -0.142. The Labute approximate surface area is 133 Å². The molecule has 0 aliphatic heterocycles. The molecule has 1 aromatic carbocycles. The van der Waals surface area contributed by atoms with Crippen LogP contribution in [0.1, 0.15) is 24.2 Å². The maximum absolute atomic E-state index is 11.8. The van der Waals surface area contributed by atoms with Crippen molar-refractivity contribution in [2.24, 2.45) is 0 Å². The van der Waals surface area contributed by atoms with E-state index in [9.17, 15) is 14.4 Å². The molecule has 1 rings (SSSR count). The van der Waals surface area contributed by atoms with Crippen molar-refractivity contribution in [3.63, 3.8) is 0 Å². The summed E-state index contributed by atoms with van der Waals surface area (Å²) in [5.41, 5.74) is -1.02. The van der Waals surface area contributed by atoms with Crippen LogP contribution in [0.2, 0.25) is 5.02 Å². The van der Waals surface area contributed by atoms with E-state index in [-0.39, 0.29) is 19.0 Å². The maximum Gasteiger partial charge on any atom is 0.328 e. The molecule has 4 N–H and O–H groups in total. The number of nitrogens with one attached hydrogen (secondary N) is 3. The van der Waals surface area contributed by atoms with Gasteiger partial charge < -0.3 is 21.1 Å². The van der Waals surface area contributed by atoms with Gasteiger partial charge in [-0.3, -0.25) is 4.79 Å². The molecule has 0 radical (unpaired) electrons. The highest BCUT2D eigenvalue weighted by Crippen LogP contribution is 2.14. The van der Waals surface area contributed by atoms with E-state index < -0.39 is 17.5 Å². The molecule has 3 amide bonds. The normalized spacial score (nSPS) is 10.7. The quantitative estimate of drug-likeness (QED) is 0.589. The second kappa shape index (κ2) is 7.65. The van der Waals surface area contributed by atoms with Gasteiger partial charge in [0.25, 0.3) is 5.91 Å². The summed E-state index contributed by atoms with van der Waals surface area (Å²) in [7, 11) is 0. The summed E-state index contributed by atoms with van der Waals surface area (Å²) in [6.45, 7) is 3.07. The lowest BCUT2D eigenvalue weighted by Gasteiger charge is -2.21. The predicted octanol–water partition coefficient (Wildman–Crippen LogP) is 1.23. The van der Waals surface area contributed by atoms with Crippen LogP contribution in [0.4, 0.5) is 4.79 Å². The van der Waals surface area contributed by atoms with E-state index in [4.69, 9.17) is 16.7 Å². The number of carbonyl (C=O) groups excluding carboxylic acids is 2. The first-order chi connectivity index (χ1) is 10.2. The Morgan fingerprint density at radius 2 is 1.73 bits per heavy atom. The van der Waals surface area contributed by atoms with Crippen LogP contribution in [-0.2, 0) is 4.79 Å². The summed E-state index contributed by atoms with van der Waals surface area (Å²) in [6, 6.07) is 5.98. The van der Waals surface area contributed by atoms with Crippen LogP contribution in [0.15, 0.2) is 24.3 Å². The fourth-order valence-corrected chi connectivity index (χ4v) is 1.70. The molecular weight excluding hydrogens is 310 g/mol. The molecule has 0 atom stereocenters. The summed E-state index contributed by atoms with van der Waals surface area (Å²) >= 11 is 5.89. The second-order valence-electron chi connectivity index (χ2n) is 5.05. The monoisotopic (exact) mass is 327 g/mol. The van der Waals surface area contributed by atoms with E-state index >= 15 is 0 Å². The molecule has 120 valence electrons. The summed E-state index contributed by atoms with van der Waals surface area (Å²) in [5, 5.41) is 16.6. The predicted molar refractivity (Wildman–Crippen MR) is 82.0 cm³/mol. The minimum atomic E-state index is -1.37. The minimum absolute atomic E-state index is 0.151. The molecule has 0 fully saturated rings. The molecule has 0 spiro atoms. The SMILES string of the molecule is CC(C)(NC(=O)NCCNC(=O)c1ccccc1Cl)C(=O)O. The first-order valence-electron chi connectivity index (χ1n) is 6.56. The molecule has 0 aliphatic rings. The van der Waals surface area contributed by atoms with Crippen molar-refractivity contribution in [1.82, 2.24) is 16.0 Å². The Balaban J connectivity index is 2.34. The molecule has 8 heteroatoms. The topological polar surface area (TPSA) is 108 Å². The molecule has 0 unspecified atom stereocenters. The van der Waals surface area contributed by atoms with Crippen LogP contribution in [0.3, 0.4) is 0 Å². The Morgan fingerprint density at radius 3 is 2.32 bits per heavy atom. The van der Waals surface area contributed by atoms with Crippen LogP contribution in [0, 0.1) is 0 Å². The molecular formula is C14H18ClN3O4. The summed E-state index contributed by atoms with van der Waals surface area (Å²) in [5.74, 6) is -1.49. The van der Waals surface area contributed by atoms with E-state index in [0.29, 0.717) is 10.6 Å². The van der Waals surface area contributed by atoms with Crippen molar-refractivity contribution >= 4 is 29.5 Å². The number of urea groups is 1. The number of carbonyl (C=O) groups is 3. The molecule has 0 saturated carbocycles. The fraction of sp³-hybridized carbons (Fsp3) is 0.357. The zero-order chi connectivity index (χ0) is 16.8. The van der Waals surface area contributed by atoms with Gasteiger partial charge in [0.15, 0.2) is 0 Å². The Hall–Kier alpha value is -2.28. The van der Waals surface area contributed by atoms with Crippen LogP contribution < -0.4 is 16.0 Å². The summed E-state index contributed by atoms with van der Waals surface area (Å²) < 4.78 is 0. The fourth-order valence-electron chi connectivity index (χ4n) is 1.47. The average molecular weight is 328 g/mol. The number of rotatable bonds is 6. The number of hydrogen-bond donors (Lipinski definition) is 4. The van der Waals surface area contributed by atoms with Gasteiger partial charge in [0.2, 0.25) is 0 Å². The van der Waals surface area contributed by atoms with Gasteiger partial charge in [-0.2, -0.15) is 0 Å². The van der Waals surface area contributed by atoms with Crippen LogP contribution in [-0.4, -0.2) is 41.6 Å². The van der Waals surface area contributed by atoms with Crippen LogP contribution >= 0.6 is 11.6 Å². The zero-order valence-electron chi connectivity index (χ0n) is 12.3. The van der Waals surface area contributed by atoms with Crippen molar-refractivity contribution in [2.45, 2.75) is 19.4 Å². The zero-order valence-corrected chi connectivity index (χ0v) is 13.0. The van der Waals surface area contributed by atoms with Gasteiger partial charge in [-0.15, -0.1) is 0 Å². The molecule has 0 aliphatic carbocycles. The second-order valence-corrected chi connectivity index (χ2v) is 5.45.